The van der Waals surface area contributed by atoms with Crippen molar-refractivity contribution in [3.63, 3.8) is 0 Å². The van der Waals surface area contributed by atoms with Crippen LogP contribution in [0.15, 0.2) is 16.7 Å². The van der Waals surface area contributed by atoms with E-state index < -0.39 is 0 Å². The van der Waals surface area contributed by atoms with Gasteiger partial charge in [-0.05, 0) is 41.3 Å². The molecule has 1 N–H and O–H groups in total. The van der Waals surface area contributed by atoms with Crippen LogP contribution in [-0.4, -0.2) is 43.4 Å². The molecule has 1 unspecified atom stereocenters. The summed E-state index contributed by atoms with van der Waals surface area (Å²) in [7, 11) is 0. The fraction of sp³-hybridized carbons (Fsp3) is 0.571. The summed E-state index contributed by atoms with van der Waals surface area (Å²) in [5.74, 6) is -0.229. The summed E-state index contributed by atoms with van der Waals surface area (Å²) < 4.78 is 11.7. The number of pyridine rings is 1. The van der Waals surface area contributed by atoms with E-state index in [4.69, 9.17) is 21.1 Å². The van der Waals surface area contributed by atoms with E-state index in [-0.39, 0.29) is 17.2 Å². The molecular formula is C14H18BrClN2O3. The molecule has 2 rings (SSSR count). The Hall–Kier alpha value is -0.690. The van der Waals surface area contributed by atoms with Crippen LogP contribution in [0.2, 0.25) is 5.15 Å². The molecule has 116 valence electrons. The molecule has 0 spiro atoms. The van der Waals surface area contributed by atoms with Gasteiger partial charge in [0.15, 0.2) is 0 Å². The lowest BCUT2D eigenvalue weighted by Crippen LogP contribution is -2.26. The summed E-state index contributed by atoms with van der Waals surface area (Å²) in [4.78, 5) is 15.9. The number of nitrogens with one attached hydrogen (secondary N) is 1. The number of nitrogens with zero attached hydrogens (tertiary/aromatic N) is 1. The number of aromatic nitrogens is 1. The van der Waals surface area contributed by atoms with Crippen LogP contribution < -0.4 is 5.32 Å². The van der Waals surface area contributed by atoms with Crippen molar-refractivity contribution in [3.8, 4) is 0 Å². The van der Waals surface area contributed by atoms with E-state index in [0.717, 1.165) is 30.3 Å². The molecule has 5 nitrogen and oxygen atoms in total. The van der Waals surface area contributed by atoms with E-state index in [9.17, 15) is 4.79 Å². The molecule has 1 aliphatic rings. The minimum atomic E-state index is -0.229. The highest BCUT2D eigenvalue weighted by Gasteiger charge is 2.15. The Labute approximate surface area is 137 Å². The lowest BCUT2D eigenvalue weighted by Gasteiger charge is -2.10. The van der Waals surface area contributed by atoms with Crippen molar-refractivity contribution in [2.24, 2.45) is 0 Å². The molecule has 1 aliphatic heterocycles. The van der Waals surface area contributed by atoms with Gasteiger partial charge in [0, 0.05) is 30.4 Å². The molecule has 1 aromatic rings. The van der Waals surface area contributed by atoms with Crippen LogP contribution >= 0.6 is 27.5 Å². The minimum Gasteiger partial charge on any atom is -0.379 e. The third kappa shape index (κ3) is 5.54. The third-order valence-corrected chi connectivity index (χ3v) is 3.86. The van der Waals surface area contributed by atoms with E-state index >= 15 is 0 Å². The summed E-state index contributed by atoms with van der Waals surface area (Å²) in [6.45, 7) is 2.61. The molecule has 0 bridgehead atoms. The summed E-state index contributed by atoms with van der Waals surface area (Å²) in [6, 6.07) is 1.65. The van der Waals surface area contributed by atoms with Crippen LogP contribution in [0.4, 0.5) is 0 Å². The highest BCUT2D eigenvalue weighted by molar-refractivity contribution is 9.10. The van der Waals surface area contributed by atoms with Crippen LogP contribution in [0.25, 0.3) is 0 Å². The second kappa shape index (κ2) is 8.68. The van der Waals surface area contributed by atoms with Gasteiger partial charge in [-0.2, -0.15) is 0 Å². The average Bonchev–Trinajstić information content (AvgIpc) is 2.98. The van der Waals surface area contributed by atoms with Crippen molar-refractivity contribution in [2.45, 2.75) is 25.4 Å². The van der Waals surface area contributed by atoms with Crippen LogP contribution in [-0.2, 0) is 9.47 Å². The first-order valence-corrected chi connectivity index (χ1v) is 8.12. The second-order valence-electron chi connectivity index (χ2n) is 4.81. The summed E-state index contributed by atoms with van der Waals surface area (Å²) in [6.07, 6.45) is 4.73. The first kappa shape index (κ1) is 16.7. The van der Waals surface area contributed by atoms with Gasteiger partial charge < -0.3 is 14.8 Å². The number of halogens is 2. The lowest BCUT2D eigenvalue weighted by atomic mass is 10.2. The van der Waals surface area contributed by atoms with E-state index in [2.05, 4.69) is 26.2 Å². The number of rotatable bonds is 7. The SMILES string of the molecule is O=C(NCCCOCC1CCCO1)c1cc(Br)cnc1Cl. The smallest absolute Gasteiger partial charge is 0.254 e. The van der Waals surface area contributed by atoms with E-state index in [1.165, 1.54) is 0 Å². The Balaban J connectivity index is 1.61. The number of carbonyl (C=O) groups excluding carboxylic acids is 1. The molecule has 0 aliphatic carbocycles. The number of ether oxygens (including phenoxy) is 2. The predicted molar refractivity (Wildman–Crippen MR) is 83.7 cm³/mol. The Morgan fingerprint density at radius 1 is 1.62 bits per heavy atom. The molecular weight excluding hydrogens is 360 g/mol. The van der Waals surface area contributed by atoms with Crippen molar-refractivity contribution >= 4 is 33.4 Å². The van der Waals surface area contributed by atoms with Gasteiger partial charge in [0.1, 0.15) is 5.15 Å². The maximum Gasteiger partial charge on any atom is 0.254 e. The number of carbonyl (C=O) groups is 1. The van der Waals surface area contributed by atoms with Crippen LogP contribution in [0, 0.1) is 0 Å². The predicted octanol–water partition coefficient (Wildman–Crippen LogP) is 2.81. The van der Waals surface area contributed by atoms with Crippen LogP contribution in [0.3, 0.4) is 0 Å². The zero-order valence-corrected chi connectivity index (χ0v) is 14.0. The first-order valence-electron chi connectivity index (χ1n) is 6.95. The van der Waals surface area contributed by atoms with E-state index in [0.29, 0.717) is 25.3 Å². The summed E-state index contributed by atoms with van der Waals surface area (Å²) in [5.41, 5.74) is 0.367. The Kier molecular flexibility index (Phi) is 6.89. The molecule has 7 heteroatoms. The molecule has 1 atom stereocenters. The minimum absolute atomic E-state index is 0.199. The first-order chi connectivity index (χ1) is 10.2. The fourth-order valence-electron chi connectivity index (χ4n) is 2.04. The summed E-state index contributed by atoms with van der Waals surface area (Å²) in [5, 5.41) is 3.00. The maximum atomic E-state index is 11.9. The lowest BCUT2D eigenvalue weighted by molar-refractivity contribution is 0.0166. The number of hydrogen-bond acceptors (Lipinski definition) is 4. The second-order valence-corrected chi connectivity index (χ2v) is 6.08. The van der Waals surface area contributed by atoms with Crippen LogP contribution in [0.1, 0.15) is 29.6 Å². The maximum absolute atomic E-state index is 11.9. The van der Waals surface area contributed by atoms with Crippen molar-refractivity contribution in [1.82, 2.24) is 10.3 Å². The highest BCUT2D eigenvalue weighted by atomic mass is 79.9. The molecule has 0 saturated carbocycles. The molecule has 0 aromatic carbocycles. The molecule has 21 heavy (non-hydrogen) atoms. The molecule has 2 heterocycles. The standard InChI is InChI=1S/C14H18BrClN2O3/c15-10-7-12(13(16)18-8-10)14(19)17-4-2-5-20-9-11-3-1-6-21-11/h7-8,11H,1-6,9H2,(H,17,19). The molecule has 1 amide bonds. The van der Waals surface area contributed by atoms with Gasteiger partial charge in [0.25, 0.3) is 5.91 Å². The molecule has 1 aromatic heterocycles. The quantitative estimate of drug-likeness (QED) is 0.586. The fourth-order valence-corrected chi connectivity index (χ4v) is 2.56. The Bertz CT molecular complexity index is 481. The van der Waals surface area contributed by atoms with Crippen LogP contribution in [0.5, 0.6) is 0 Å². The third-order valence-electron chi connectivity index (χ3n) is 3.13. The van der Waals surface area contributed by atoms with Gasteiger partial charge in [-0.25, -0.2) is 4.98 Å². The topological polar surface area (TPSA) is 60.5 Å². The Morgan fingerprint density at radius 2 is 2.48 bits per heavy atom. The van der Waals surface area contributed by atoms with Crippen molar-refractivity contribution in [2.75, 3.05) is 26.4 Å². The van der Waals surface area contributed by atoms with Crippen molar-refractivity contribution < 1.29 is 14.3 Å². The van der Waals surface area contributed by atoms with Crippen molar-refractivity contribution in [3.05, 3.63) is 27.5 Å². The van der Waals surface area contributed by atoms with Gasteiger partial charge in [-0.3, -0.25) is 4.79 Å². The van der Waals surface area contributed by atoms with Gasteiger partial charge in [0.05, 0.1) is 18.3 Å². The molecule has 0 radical (unpaired) electrons. The monoisotopic (exact) mass is 376 g/mol. The molecule has 1 fully saturated rings. The van der Waals surface area contributed by atoms with Gasteiger partial charge in [-0.1, -0.05) is 11.6 Å². The average molecular weight is 378 g/mol. The van der Waals surface area contributed by atoms with Gasteiger partial charge in [-0.15, -0.1) is 0 Å². The van der Waals surface area contributed by atoms with Crippen molar-refractivity contribution in [1.29, 1.82) is 0 Å². The Morgan fingerprint density at radius 3 is 3.24 bits per heavy atom. The van der Waals surface area contributed by atoms with E-state index in [1.807, 2.05) is 0 Å². The largest absolute Gasteiger partial charge is 0.379 e. The normalized spacial score (nSPS) is 17.9. The number of amides is 1. The number of hydrogen-bond donors (Lipinski definition) is 1. The highest BCUT2D eigenvalue weighted by Crippen LogP contribution is 2.17. The van der Waals surface area contributed by atoms with E-state index in [1.54, 1.807) is 12.3 Å². The van der Waals surface area contributed by atoms with Gasteiger partial charge >= 0.3 is 0 Å². The van der Waals surface area contributed by atoms with Gasteiger partial charge in [0.2, 0.25) is 0 Å². The summed E-state index contributed by atoms with van der Waals surface area (Å²) >= 11 is 9.16. The zero-order chi connectivity index (χ0) is 15.1. The zero-order valence-electron chi connectivity index (χ0n) is 11.6. The molecule has 1 saturated heterocycles.